The third-order valence-corrected chi connectivity index (χ3v) is 4.40. The van der Waals surface area contributed by atoms with Crippen molar-refractivity contribution in [3.05, 3.63) is 56.5 Å². The van der Waals surface area contributed by atoms with E-state index in [1.807, 2.05) is 30.3 Å². The van der Waals surface area contributed by atoms with Crippen LogP contribution < -0.4 is 10.6 Å². The van der Waals surface area contributed by atoms with Gasteiger partial charge in [0.25, 0.3) is 5.91 Å². The third kappa shape index (κ3) is 2.74. The van der Waals surface area contributed by atoms with Crippen LogP contribution in [0, 0.1) is 0 Å². The number of hydrogen-bond acceptors (Lipinski definition) is 2. The zero-order valence-electron chi connectivity index (χ0n) is 10.5. The number of benzene rings is 2. The van der Waals surface area contributed by atoms with Crippen molar-refractivity contribution in [3.63, 3.8) is 0 Å². The van der Waals surface area contributed by atoms with Gasteiger partial charge in [-0.3, -0.25) is 4.79 Å². The largest absolute Gasteiger partial charge is 0.384 e. The number of rotatable bonds is 2. The van der Waals surface area contributed by atoms with Crippen LogP contribution in [-0.2, 0) is 6.42 Å². The summed E-state index contributed by atoms with van der Waals surface area (Å²) in [6, 6.07) is 11.5. The Morgan fingerprint density at radius 3 is 2.80 bits per heavy atom. The van der Waals surface area contributed by atoms with E-state index in [-0.39, 0.29) is 5.91 Å². The molecule has 0 saturated heterocycles. The lowest BCUT2D eigenvalue weighted by atomic mass is 10.1. The van der Waals surface area contributed by atoms with Gasteiger partial charge in [0.2, 0.25) is 0 Å². The van der Waals surface area contributed by atoms with Crippen LogP contribution in [0.3, 0.4) is 0 Å². The second-order valence-corrected chi connectivity index (χ2v) is 6.40. The fourth-order valence-electron chi connectivity index (χ4n) is 2.25. The number of carbonyl (C=O) groups is 1. The van der Waals surface area contributed by atoms with Crippen molar-refractivity contribution in [2.75, 3.05) is 17.2 Å². The van der Waals surface area contributed by atoms with E-state index in [1.165, 1.54) is 5.56 Å². The smallest absolute Gasteiger partial charge is 0.256 e. The summed E-state index contributed by atoms with van der Waals surface area (Å²) in [6.07, 6.45) is 1.00. The molecule has 0 aliphatic carbocycles. The number of halogens is 2. The Balaban J connectivity index is 1.82. The van der Waals surface area contributed by atoms with Crippen molar-refractivity contribution in [2.45, 2.75) is 6.42 Å². The first-order chi connectivity index (χ1) is 9.63. The van der Waals surface area contributed by atoms with Gasteiger partial charge in [0.15, 0.2) is 0 Å². The second-order valence-electron chi connectivity index (χ2n) is 4.63. The van der Waals surface area contributed by atoms with E-state index in [1.54, 1.807) is 6.07 Å². The molecule has 20 heavy (non-hydrogen) atoms. The predicted octanol–water partition coefficient (Wildman–Crippen LogP) is 4.43. The van der Waals surface area contributed by atoms with Gasteiger partial charge >= 0.3 is 0 Å². The quantitative estimate of drug-likeness (QED) is 0.789. The van der Waals surface area contributed by atoms with Crippen LogP contribution in [0.25, 0.3) is 0 Å². The van der Waals surface area contributed by atoms with Crippen molar-refractivity contribution in [3.8, 4) is 0 Å². The molecule has 1 aliphatic heterocycles. The highest BCUT2D eigenvalue weighted by atomic mass is 79.9. The van der Waals surface area contributed by atoms with Gasteiger partial charge in [0.1, 0.15) is 0 Å². The lowest BCUT2D eigenvalue weighted by Crippen LogP contribution is -2.12. The molecule has 3 rings (SSSR count). The standard InChI is InChI=1S/C15H12Br2N2O/c16-10-1-3-12(13(17)8-10)15(20)19-11-2-4-14-9(7-11)5-6-18-14/h1-4,7-8,18H,5-6H2,(H,19,20). The van der Waals surface area contributed by atoms with E-state index in [2.05, 4.69) is 42.5 Å². The SMILES string of the molecule is O=C(Nc1ccc2c(c1)CCN2)c1ccc(Br)cc1Br. The molecule has 0 saturated carbocycles. The normalized spacial score (nSPS) is 12.7. The molecule has 1 aliphatic rings. The molecule has 2 N–H and O–H groups in total. The first-order valence-electron chi connectivity index (χ1n) is 6.27. The first-order valence-corrected chi connectivity index (χ1v) is 7.85. The molecule has 2 aromatic rings. The zero-order valence-corrected chi connectivity index (χ0v) is 13.7. The van der Waals surface area contributed by atoms with Gasteiger partial charge < -0.3 is 10.6 Å². The molecule has 5 heteroatoms. The molecular formula is C15H12Br2N2O. The molecule has 0 spiro atoms. The lowest BCUT2D eigenvalue weighted by Gasteiger charge is -2.09. The minimum atomic E-state index is -0.115. The first kappa shape index (κ1) is 13.6. The Kier molecular flexibility index (Phi) is 3.81. The summed E-state index contributed by atoms with van der Waals surface area (Å²) < 4.78 is 1.71. The van der Waals surface area contributed by atoms with Gasteiger partial charge in [0, 0.05) is 26.9 Å². The summed E-state index contributed by atoms with van der Waals surface area (Å²) in [5.41, 5.74) is 3.85. The Hall–Kier alpha value is -1.33. The fraction of sp³-hybridized carbons (Fsp3) is 0.133. The van der Waals surface area contributed by atoms with Crippen molar-refractivity contribution in [1.82, 2.24) is 0 Å². The lowest BCUT2D eigenvalue weighted by molar-refractivity contribution is 0.102. The Bertz CT molecular complexity index is 686. The summed E-state index contributed by atoms with van der Waals surface area (Å²) >= 11 is 6.79. The van der Waals surface area contributed by atoms with E-state index in [0.29, 0.717) is 5.56 Å². The summed E-state index contributed by atoms with van der Waals surface area (Å²) in [5.74, 6) is -0.115. The average molecular weight is 396 g/mol. The molecule has 0 fully saturated rings. The van der Waals surface area contributed by atoms with Gasteiger partial charge in [-0.15, -0.1) is 0 Å². The molecular weight excluding hydrogens is 384 g/mol. The molecule has 1 amide bonds. The molecule has 0 aromatic heterocycles. The highest BCUT2D eigenvalue weighted by Crippen LogP contribution is 2.27. The highest BCUT2D eigenvalue weighted by molar-refractivity contribution is 9.11. The van der Waals surface area contributed by atoms with Gasteiger partial charge in [0.05, 0.1) is 5.56 Å². The molecule has 0 atom stereocenters. The molecule has 2 aromatic carbocycles. The summed E-state index contributed by atoms with van der Waals surface area (Å²) in [7, 11) is 0. The molecule has 102 valence electrons. The van der Waals surface area contributed by atoms with E-state index >= 15 is 0 Å². The summed E-state index contributed by atoms with van der Waals surface area (Å²) in [5, 5.41) is 6.24. The molecule has 0 radical (unpaired) electrons. The number of nitrogens with one attached hydrogen (secondary N) is 2. The second kappa shape index (κ2) is 5.58. The number of carbonyl (C=O) groups excluding carboxylic acids is 1. The number of fused-ring (bicyclic) bond motifs is 1. The Morgan fingerprint density at radius 1 is 1.15 bits per heavy atom. The Labute approximate surface area is 134 Å². The molecule has 1 heterocycles. The van der Waals surface area contributed by atoms with E-state index in [4.69, 9.17) is 0 Å². The van der Waals surface area contributed by atoms with Crippen LogP contribution in [0.1, 0.15) is 15.9 Å². The third-order valence-electron chi connectivity index (χ3n) is 3.25. The van der Waals surface area contributed by atoms with E-state index < -0.39 is 0 Å². The number of amides is 1. The minimum Gasteiger partial charge on any atom is -0.384 e. The van der Waals surface area contributed by atoms with Gasteiger partial charge in [-0.1, -0.05) is 15.9 Å². The maximum absolute atomic E-state index is 12.3. The van der Waals surface area contributed by atoms with Crippen LogP contribution >= 0.6 is 31.9 Å². The van der Waals surface area contributed by atoms with Gasteiger partial charge in [-0.2, -0.15) is 0 Å². The van der Waals surface area contributed by atoms with Crippen LogP contribution in [-0.4, -0.2) is 12.5 Å². The van der Waals surface area contributed by atoms with Crippen LogP contribution in [0.15, 0.2) is 45.3 Å². The van der Waals surface area contributed by atoms with Gasteiger partial charge in [-0.05, 0) is 64.3 Å². The van der Waals surface area contributed by atoms with E-state index in [0.717, 1.165) is 33.3 Å². The molecule has 0 bridgehead atoms. The monoisotopic (exact) mass is 394 g/mol. The van der Waals surface area contributed by atoms with Crippen molar-refractivity contribution < 1.29 is 4.79 Å². The maximum atomic E-state index is 12.3. The number of anilines is 2. The number of hydrogen-bond donors (Lipinski definition) is 2. The highest BCUT2D eigenvalue weighted by Gasteiger charge is 2.13. The van der Waals surface area contributed by atoms with Crippen molar-refractivity contribution in [2.24, 2.45) is 0 Å². The van der Waals surface area contributed by atoms with Gasteiger partial charge in [-0.25, -0.2) is 0 Å². The fourth-order valence-corrected chi connectivity index (χ4v) is 3.48. The molecule has 3 nitrogen and oxygen atoms in total. The summed E-state index contributed by atoms with van der Waals surface area (Å²) in [6.45, 7) is 0.963. The Morgan fingerprint density at radius 2 is 2.00 bits per heavy atom. The van der Waals surface area contributed by atoms with E-state index in [9.17, 15) is 4.79 Å². The van der Waals surface area contributed by atoms with Crippen LogP contribution in [0.5, 0.6) is 0 Å². The maximum Gasteiger partial charge on any atom is 0.256 e. The van der Waals surface area contributed by atoms with Crippen LogP contribution in [0.2, 0.25) is 0 Å². The molecule has 0 unspecified atom stereocenters. The zero-order chi connectivity index (χ0) is 14.1. The average Bonchev–Trinajstić information content (AvgIpc) is 2.85. The predicted molar refractivity (Wildman–Crippen MR) is 88.4 cm³/mol. The minimum absolute atomic E-state index is 0.115. The van der Waals surface area contributed by atoms with Crippen molar-refractivity contribution >= 4 is 49.1 Å². The van der Waals surface area contributed by atoms with Crippen molar-refractivity contribution in [1.29, 1.82) is 0 Å². The summed E-state index contributed by atoms with van der Waals surface area (Å²) in [4.78, 5) is 12.3. The topological polar surface area (TPSA) is 41.1 Å². The van der Waals surface area contributed by atoms with Crippen LogP contribution in [0.4, 0.5) is 11.4 Å².